The van der Waals surface area contributed by atoms with Crippen molar-refractivity contribution in [2.75, 3.05) is 7.11 Å². The molecular formula is C10H11NO2. The lowest BCUT2D eigenvalue weighted by atomic mass is 10.0. The smallest absolute Gasteiger partial charge is 0.160 e. The summed E-state index contributed by atoms with van der Waals surface area (Å²) in [5, 5.41) is 17.9. The molecule has 1 aromatic rings. The highest BCUT2D eigenvalue weighted by Crippen LogP contribution is 2.29. The van der Waals surface area contributed by atoms with Crippen molar-refractivity contribution in [2.45, 2.75) is 12.8 Å². The topological polar surface area (TPSA) is 53.2 Å². The van der Waals surface area contributed by atoms with Crippen LogP contribution in [0.2, 0.25) is 0 Å². The number of phenolic OH excluding ortho intramolecular Hbond substituents is 1. The molecule has 0 bridgehead atoms. The summed E-state index contributed by atoms with van der Waals surface area (Å²) < 4.78 is 4.92. The van der Waals surface area contributed by atoms with Crippen molar-refractivity contribution in [3.63, 3.8) is 0 Å². The Labute approximate surface area is 77.2 Å². The zero-order chi connectivity index (χ0) is 9.84. The Morgan fingerprint density at radius 1 is 1.54 bits per heavy atom. The average Bonchev–Trinajstić information content (AvgIpc) is 2.17. The molecule has 0 saturated heterocycles. The summed E-state index contributed by atoms with van der Waals surface area (Å²) in [7, 11) is 1.48. The van der Waals surface area contributed by atoms with E-state index in [4.69, 9.17) is 10.00 Å². The molecule has 0 spiro atoms. The van der Waals surface area contributed by atoms with Gasteiger partial charge in [0, 0.05) is 0 Å². The number of phenols is 1. The van der Waals surface area contributed by atoms with Crippen molar-refractivity contribution in [3.05, 3.63) is 23.8 Å². The number of aromatic hydroxyl groups is 1. The van der Waals surface area contributed by atoms with Gasteiger partial charge in [-0.3, -0.25) is 0 Å². The first kappa shape index (κ1) is 9.40. The van der Waals surface area contributed by atoms with Crippen LogP contribution in [0.5, 0.6) is 11.5 Å². The highest BCUT2D eigenvalue weighted by atomic mass is 16.5. The lowest BCUT2D eigenvalue weighted by molar-refractivity contribution is 0.373. The van der Waals surface area contributed by atoms with Gasteiger partial charge >= 0.3 is 0 Å². The Morgan fingerprint density at radius 3 is 2.77 bits per heavy atom. The van der Waals surface area contributed by atoms with E-state index in [1.54, 1.807) is 19.1 Å². The Morgan fingerprint density at radius 2 is 2.23 bits per heavy atom. The molecule has 1 atom stereocenters. The van der Waals surface area contributed by atoms with Crippen LogP contribution in [-0.2, 0) is 0 Å². The van der Waals surface area contributed by atoms with Crippen LogP contribution in [-0.4, -0.2) is 12.2 Å². The molecule has 1 rings (SSSR count). The van der Waals surface area contributed by atoms with Crippen molar-refractivity contribution in [2.24, 2.45) is 0 Å². The fourth-order valence-corrected chi connectivity index (χ4v) is 1.04. The Kier molecular flexibility index (Phi) is 2.76. The van der Waals surface area contributed by atoms with E-state index in [-0.39, 0.29) is 11.7 Å². The molecule has 68 valence electrons. The van der Waals surface area contributed by atoms with E-state index in [9.17, 15) is 5.11 Å². The third-order valence-electron chi connectivity index (χ3n) is 1.90. The average molecular weight is 177 g/mol. The molecule has 13 heavy (non-hydrogen) atoms. The maximum Gasteiger partial charge on any atom is 0.160 e. The van der Waals surface area contributed by atoms with E-state index in [0.29, 0.717) is 5.75 Å². The number of hydrogen-bond acceptors (Lipinski definition) is 3. The van der Waals surface area contributed by atoms with E-state index >= 15 is 0 Å². The second-order valence-electron chi connectivity index (χ2n) is 2.78. The molecule has 0 amide bonds. The number of nitriles is 1. The van der Waals surface area contributed by atoms with Crippen LogP contribution in [0.15, 0.2) is 18.2 Å². The number of ether oxygens (including phenoxy) is 1. The molecule has 0 fully saturated rings. The van der Waals surface area contributed by atoms with Crippen molar-refractivity contribution >= 4 is 0 Å². The molecule has 1 aromatic carbocycles. The molecule has 1 N–H and O–H groups in total. The van der Waals surface area contributed by atoms with Crippen LogP contribution >= 0.6 is 0 Å². The van der Waals surface area contributed by atoms with E-state index in [0.717, 1.165) is 5.56 Å². The maximum atomic E-state index is 9.28. The molecule has 0 aliphatic rings. The van der Waals surface area contributed by atoms with Crippen molar-refractivity contribution in [1.82, 2.24) is 0 Å². The zero-order valence-electron chi connectivity index (χ0n) is 7.61. The summed E-state index contributed by atoms with van der Waals surface area (Å²) in [6.07, 6.45) is 0. The third-order valence-corrected chi connectivity index (χ3v) is 1.90. The van der Waals surface area contributed by atoms with E-state index in [1.807, 2.05) is 0 Å². The third kappa shape index (κ3) is 1.91. The van der Waals surface area contributed by atoms with Crippen LogP contribution in [0.25, 0.3) is 0 Å². The predicted octanol–water partition coefficient (Wildman–Crippen LogP) is 2.03. The molecule has 3 nitrogen and oxygen atoms in total. The van der Waals surface area contributed by atoms with E-state index in [2.05, 4.69) is 6.07 Å². The molecule has 0 aliphatic heterocycles. The van der Waals surface area contributed by atoms with Gasteiger partial charge in [0.1, 0.15) is 0 Å². The van der Waals surface area contributed by atoms with Crippen LogP contribution in [0.4, 0.5) is 0 Å². The van der Waals surface area contributed by atoms with Gasteiger partial charge in [-0.15, -0.1) is 0 Å². The predicted molar refractivity (Wildman–Crippen MR) is 48.7 cm³/mol. The second kappa shape index (κ2) is 3.81. The van der Waals surface area contributed by atoms with Gasteiger partial charge < -0.3 is 9.84 Å². The van der Waals surface area contributed by atoms with Crippen molar-refractivity contribution in [3.8, 4) is 17.6 Å². The largest absolute Gasteiger partial charge is 0.504 e. The first-order chi connectivity index (χ1) is 6.19. The van der Waals surface area contributed by atoms with Gasteiger partial charge in [-0.05, 0) is 24.6 Å². The number of methoxy groups -OCH3 is 1. The van der Waals surface area contributed by atoms with E-state index < -0.39 is 0 Å². The molecule has 0 aliphatic carbocycles. The minimum Gasteiger partial charge on any atom is -0.504 e. The second-order valence-corrected chi connectivity index (χ2v) is 2.78. The normalized spacial score (nSPS) is 11.8. The summed E-state index contributed by atoms with van der Waals surface area (Å²) in [6, 6.07) is 7.03. The summed E-state index contributed by atoms with van der Waals surface area (Å²) in [4.78, 5) is 0. The first-order valence-corrected chi connectivity index (χ1v) is 3.95. The molecule has 0 heterocycles. The number of nitrogens with zero attached hydrogens (tertiary/aromatic N) is 1. The van der Waals surface area contributed by atoms with Crippen LogP contribution in [0, 0.1) is 11.3 Å². The summed E-state index contributed by atoms with van der Waals surface area (Å²) in [5.74, 6) is 0.311. The summed E-state index contributed by atoms with van der Waals surface area (Å²) in [5.41, 5.74) is 0.845. The Balaban J connectivity index is 3.08. The molecule has 0 aromatic heterocycles. The fraction of sp³-hybridized carbons (Fsp3) is 0.300. The van der Waals surface area contributed by atoms with Crippen molar-refractivity contribution in [1.29, 1.82) is 5.26 Å². The molecule has 3 heteroatoms. The Bertz CT molecular complexity index is 341. The number of hydrogen-bond donors (Lipinski definition) is 1. The number of benzene rings is 1. The van der Waals surface area contributed by atoms with Gasteiger partial charge in [0.2, 0.25) is 0 Å². The molecule has 1 unspecified atom stereocenters. The standard InChI is InChI=1S/C10H11NO2/c1-7(6-11)8-3-4-9(12)10(5-8)13-2/h3-5,7,12H,1-2H3. The van der Waals surface area contributed by atoms with Gasteiger partial charge in [-0.25, -0.2) is 0 Å². The highest BCUT2D eigenvalue weighted by Gasteiger charge is 2.07. The van der Waals surface area contributed by atoms with Crippen LogP contribution in [0.3, 0.4) is 0 Å². The highest BCUT2D eigenvalue weighted by molar-refractivity contribution is 5.43. The van der Waals surface area contributed by atoms with Gasteiger partial charge in [-0.2, -0.15) is 5.26 Å². The lowest BCUT2D eigenvalue weighted by Crippen LogP contribution is -1.91. The van der Waals surface area contributed by atoms with Gasteiger partial charge in [0.15, 0.2) is 11.5 Å². The van der Waals surface area contributed by atoms with Gasteiger partial charge in [0.25, 0.3) is 0 Å². The minimum atomic E-state index is -0.186. The molecular weight excluding hydrogens is 166 g/mol. The first-order valence-electron chi connectivity index (χ1n) is 3.95. The summed E-state index contributed by atoms with van der Waals surface area (Å²) in [6.45, 7) is 1.80. The van der Waals surface area contributed by atoms with Gasteiger partial charge in [-0.1, -0.05) is 6.07 Å². The number of rotatable bonds is 2. The Hall–Kier alpha value is -1.69. The lowest BCUT2D eigenvalue weighted by Gasteiger charge is -2.07. The fourth-order valence-electron chi connectivity index (χ4n) is 1.04. The van der Waals surface area contributed by atoms with E-state index in [1.165, 1.54) is 13.2 Å². The van der Waals surface area contributed by atoms with Gasteiger partial charge in [0.05, 0.1) is 19.1 Å². The SMILES string of the molecule is COc1cc(C(C)C#N)ccc1O. The summed E-state index contributed by atoms with van der Waals surface area (Å²) >= 11 is 0. The monoisotopic (exact) mass is 177 g/mol. The quantitative estimate of drug-likeness (QED) is 0.751. The van der Waals surface area contributed by atoms with Crippen LogP contribution in [0.1, 0.15) is 18.4 Å². The zero-order valence-corrected chi connectivity index (χ0v) is 7.61. The maximum absolute atomic E-state index is 9.28. The van der Waals surface area contributed by atoms with Crippen LogP contribution < -0.4 is 4.74 Å². The molecule has 0 radical (unpaired) electrons. The van der Waals surface area contributed by atoms with Crippen molar-refractivity contribution < 1.29 is 9.84 Å². The molecule has 0 saturated carbocycles. The minimum absolute atomic E-state index is 0.0939.